The molecule has 1 N–H and O–H groups in total. The van der Waals surface area contributed by atoms with E-state index in [1.807, 2.05) is 87.5 Å². The summed E-state index contributed by atoms with van der Waals surface area (Å²) in [6, 6.07) is 23.1. The van der Waals surface area contributed by atoms with Crippen molar-refractivity contribution < 1.29 is 14.1 Å². The second kappa shape index (κ2) is 9.70. The standard InChI is InChI=1S/C29H28N4O3/c1-18-8-10-23(11-9-18)27-31-28(36-32-27)25-20(3)33(17-21-7-5-6-19(2)16-21)29(34)30-26(25)22-12-14-24(35-4)15-13-22/h5-16,26H,17H2,1-4H3,(H,30,34). The van der Waals surface area contributed by atoms with Crippen LogP contribution in [0.4, 0.5) is 4.79 Å². The van der Waals surface area contributed by atoms with Crippen LogP contribution in [-0.2, 0) is 6.54 Å². The van der Waals surface area contributed by atoms with Gasteiger partial charge in [0.05, 0.1) is 25.3 Å². The third-order valence-corrected chi connectivity index (χ3v) is 6.43. The smallest absolute Gasteiger partial charge is 0.322 e. The Hall–Kier alpha value is -4.39. The Balaban J connectivity index is 1.59. The molecule has 7 nitrogen and oxygen atoms in total. The van der Waals surface area contributed by atoms with Gasteiger partial charge in [-0.05, 0) is 44.0 Å². The molecule has 4 aromatic rings. The number of urea groups is 1. The van der Waals surface area contributed by atoms with Gasteiger partial charge in [0.15, 0.2) is 0 Å². The quantitative estimate of drug-likeness (QED) is 0.363. The van der Waals surface area contributed by atoms with E-state index in [1.165, 1.54) is 0 Å². The number of amides is 2. The Morgan fingerprint density at radius 2 is 1.72 bits per heavy atom. The predicted octanol–water partition coefficient (Wildman–Crippen LogP) is 6.06. The van der Waals surface area contributed by atoms with Crippen LogP contribution in [-0.4, -0.2) is 28.2 Å². The Labute approximate surface area is 210 Å². The summed E-state index contributed by atoms with van der Waals surface area (Å²) in [4.78, 5) is 19.8. The lowest BCUT2D eigenvalue weighted by atomic mass is 9.94. The second-order valence-corrected chi connectivity index (χ2v) is 9.02. The summed E-state index contributed by atoms with van der Waals surface area (Å²) in [5.74, 6) is 1.61. The van der Waals surface area contributed by atoms with Crippen molar-refractivity contribution in [2.45, 2.75) is 33.4 Å². The minimum Gasteiger partial charge on any atom is -0.497 e. The molecule has 0 aliphatic carbocycles. The van der Waals surface area contributed by atoms with E-state index in [4.69, 9.17) is 14.2 Å². The first-order valence-electron chi connectivity index (χ1n) is 11.8. The van der Waals surface area contributed by atoms with Gasteiger partial charge in [-0.3, -0.25) is 4.90 Å². The molecule has 2 amide bonds. The number of allylic oxidation sites excluding steroid dienone is 1. The molecule has 1 aromatic heterocycles. The number of ether oxygens (including phenoxy) is 1. The molecule has 7 heteroatoms. The lowest BCUT2D eigenvalue weighted by Crippen LogP contribution is -2.45. The maximum Gasteiger partial charge on any atom is 0.322 e. The van der Waals surface area contributed by atoms with Crippen molar-refractivity contribution in [1.29, 1.82) is 0 Å². The number of methoxy groups -OCH3 is 1. The average Bonchev–Trinajstić information content (AvgIpc) is 3.36. The minimum absolute atomic E-state index is 0.183. The van der Waals surface area contributed by atoms with Crippen LogP contribution in [0.3, 0.4) is 0 Å². The highest BCUT2D eigenvalue weighted by Crippen LogP contribution is 2.38. The Kier molecular flexibility index (Phi) is 6.29. The van der Waals surface area contributed by atoms with E-state index in [9.17, 15) is 4.79 Å². The Morgan fingerprint density at radius 3 is 2.42 bits per heavy atom. The number of hydrogen-bond donors (Lipinski definition) is 1. The van der Waals surface area contributed by atoms with Crippen molar-refractivity contribution in [2.75, 3.05) is 7.11 Å². The molecule has 5 rings (SSSR count). The number of hydrogen-bond acceptors (Lipinski definition) is 5. The lowest BCUT2D eigenvalue weighted by Gasteiger charge is -2.35. The zero-order valence-electron chi connectivity index (χ0n) is 20.8. The van der Waals surface area contributed by atoms with Gasteiger partial charge in [0.2, 0.25) is 5.82 Å². The van der Waals surface area contributed by atoms with E-state index in [0.717, 1.165) is 44.8 Å². The van der Waals surface area contributed by atoms with Crippen LogP contribution in [0.1, 0.15) is 41.1 Å². The van der Waals surface area contributed by atoms with Crippen LogP contribution < -0.4 is 10.1 Å². The van der Waals surface area contributed by atoms with Crippen molar-refractivity contribution >= 4 is 11.6 Å². The zero-order valence-corrected chi connectivity index (χ0v) is 20.8. The van der Waals surface area contributed by atoms with Crippen molar-refractivity contribution in [3.05, 3.63) is 107 Å². The summed E-state index contributed by atoms with van der Waals surface area (Å²) in [7, 11) is 1.63. The van der Waals surface area contributed by atoms with E-state index in [0.29, 0.717) is 18.3 Å². The first kappa shape index (κ1) is 23.4. The molecular formula is C29H28N4O3. The molecule has 0 spiro atoms. The van der Waals surface area contributed by atoms with E-state index >= 15 is 0 Å². The molecule has 1 atom stereocenters. The van der Waals surface area contributed by atoms with Gasteiger partial charge in [-0.15, -0.1) is 0 Å². The number of rotatable bonds is 6. The first-order valence-corrected chi connectivity index (χ1v) is 11.8. The number of carbonyl (C=O) groups excluding carboxylic acids is 1. The average molecular weight is 481 g/mol. The number of aromatic nitrogens is 2. The minimum atomic E-state index is -0.455. The summed E-state index contributed by atoms with van der Waals surface area (Å²) in [6.45, 7) is 6.43. The molecule has 0 bridgehead atoms. The van der Waals surface area contributed by atoms with Gasteiger partial charge in [0, 0.05) is 11.3 Å². The Bertz CT molecular complexity index is 1420. The van der Waals surface area contributed by atoms with Gasteiger partial charge in [0.25, 0.3) is 5.89 Å². The van der Waals surface area contributed by atoms with Crippen LogP contribution in [0.15, 0.2) is 83.0 Å². The fourth-order valence-electron chi connectivity index (χ4n) is 4.44. The molecule has 182 valence electrons. The van der Waals surface area contributed by atoms with Crippen LogP contribution in [0, 0.1) is 13.8 Å². The number of nitrogens with zero attached hydrogens (tertiary/aromatic N) is 3. The predicted molar refractivity (Wildman–Crippen MR) is 138 cm³/mol. The zero-order chi connectivity index (χ0) is 25.2. The van der Waals surface area contributed by atoms with Crippen molar-refractivity contribution in [3.8, 4) is 17.1 Å². The van der Waals surface area contributed by atoms with Crippen LogP contribution in [0.2, 0.25) is 0 Å². The molecule has 1 aliphatic rings. The summed E-state index contributed by atoms with van der Waals surface area (Å²) in [6.07, 6.45) is 0. The highest BCUT2D eigenvalue weighted by atomic mass is 16.5. The molecule has 0 saturated heterocycles. The number of carbonyl (C=O) groups is 1. The largest absolute Gasteiger partial charge is 0.497 e. The van der Waals surface area contributed by atoms with E-state index in [-0.39, 0.29) is 6.03 Å². The summed E-state index contributed by atoms with van der Waals surface area (Å²) in [5.41, 5.74) is 6.62. The SMILES string of the molecule is COc1ccc(C2NC(=O)N(Cc3cccc(C)c3)C(C)=C2c2nc(-c3ccc(C)cc3)no2)cc1. The van der Waals surface area contributed by atoms with Crippen LogP contribution >= 0.6 is 0 Å². The molecule has 0 fully saturated rings. The van der Waals surface area contributed by atoms with Gasteiger partial charge in [-0.25, -0.2) is 4.79 Å². The maximum absolute atomic E-state index is 13.3. The van der Waals surface area contributed by atoms with E-state index in [2.05, 4.69) is 16.5 Å². The fourth-order valence-corrected chi connectivity index (χ4v) is 4.44. The lowest BCUT2D eigenvalue weighted by molar-refractivity contribution is 0.203. The van der Waals surface area contributed by atoms with Crippen LogP contribution in [0.25, 0.3) is 17.0 Å². The summed E-state index contributed by atoms with van der Waals surface area (Å²) >= 11 is 0. The molecule has 36 heavy (non-hydrogen) atoms. The highest BCUT2D eigenvalue weighted by Gasteiger charge is 2.35. The molecule has 0 radical (unpaired) electrons. The second-order valence-electron chi connectivity index (χ2n) is 9.02. The summed E-state index contributed by atoms with van der Waals surface area (Å²) in [5, 5.41) is 7.40. The normalized spacial score (nSPS) is 15.7. The highest BCUT2D eigenvalue weighted by molar-refractivity contribution is 5.87. The maximum atomic E-state index is 13.3. The van der Waals surface area contributed by atoms with Gasteiger partial charge in [-0.1, -0.05) is 76.9 Å². The third kappa shape index (κ3) is 4.60. The van der Waals surface area contributed by atoms with Gasteiger partial charge in [0.1, 0.15) is 5.75 Å². The molecular weight excluding hydrogens is 452 g/mol. The van der Waals surface area contributed by atoms with Crippen molar-refractivity contribution in [2.24, 2.45) is 0 Å². The molecule has 2 heterocycles. The number of nitrogens with one attached hydrogen (secondary N) is 1. The first-order chi connectivity index (χ1) is 17.4. The topological polar surface area (TPSA) is 80.5 Å². The van der Waals surface area contributed by atoms with E-state index < -0.39 is 6.04 Å². The number of aryl methyl sites for hydroxylation is 2. The van der Waals surface area contributed by atoms with Gasteiger partial charge < -0.3 is 14.6 Å². The fraction of sp³-hybridized carbons (Fsp3) is 0.207. The molecule has 0 saturated carbocycles. The van der Waals surface area contributed by atoms with Crippen molar-refractivity contribution in [3.63, 3.8) is 0 Å². The molecule has 1 aliphatic heterocycles. The monoisotopic (exact) mass is 480 g/mol. The third-order valence-electron chi connectivity index (χ3n) is 6.43. The van der Waals surface area contributed by atoms with Crippen molar-refractivity contribution in [1.82, 2.24) is 20.4 Å². The summed E-state index contributed by atoms with van der Waals surface area (Å²) < 4.78 is 11.1. The number of benzene rings is 3. The van der Waals surface area contributed by atoms with Gasteiger partial charge >= 0.3 is 6.03 Å². The van der Waals surface area contributed by atoms with Gasteiger partial charge in [-0.2, -0.15) is 4.98 Å². The molecule has 1 unspecified atom stereocenters. The van der Waals surface area contributed by atoms with Crippen LogP contribution in [0.5, 0.6) is 5.75 Å². The molecule has 3 aromatic carbocycles. The van der Waals surface area contributed by atoms with E-state index in [1.54, 1.807) is 12.0 Å². The Morgan fingerprint density at radius 1 is 0.972 bits per heavy atom.